The highest BCUT2D eigenvalue weighted by Gasteiger charge is 2.33. The van der Waals surface area contributed by atoms with Gasteiger partial charge in [0.1, 0.15) is 0 Å². The summed E-state index contributed by atoms with van der Waals surface area (Å²) >= 11 is 0. The second kappa shape index (κ2) is 17.5. The second-order valence-corrected chi connectivity index (χ2v) is 11.9. The van der Waals surface area contributed by atoms with Crippen LogP contribution in [0.2, 0.25) is 0 Å². The molecule has 1 fully saturated rings. The van der Waals surface area contributed by atoms with Gasteiger partial charge in [-0.3, -0.25) is 19.7 Å². The Hall–Kier alpha value is -4.38. The van der Waals surface area contributed by atoms with Crippen LogP contribution in [0.5, 0.6) is 0 Å². The smallest absolute Gasteiger partial charge is 0.243 e. The number of hydroxylamine groups is 1. The standard InChI is InChI=1S/C38H43N3O6/c42-27-31-16-18-32(19-17-31)35-22-34(26-41(24-29-8-3-1-4-9-29)25-30-10-5-2-6-11-30)46-38(47-35)33-20-14-28(15-21-33)23-39-36(43)12-7-13-37(44)40-45/h1-6,8-11,14-21,34-35,38,42,45H,7,12-13,22-27H2,(H,39,43)(H,40,44)/t34-,35+,38+/m1/s1. The molecule has 1 aliphatic heterocycles. The van der Waals surface area contributed by atoms with Crippen LogP contribution in [0.25, 0.3) is 0 Å². The first kappa shape index (κ1) is 34.0. The number of benzene rings is 4. The summed E-state index contributed by atoms with van der Waals surface area (Å²) in [5.74, 6) is -0.667. The molecule has 9 heteroatoms. The van der Waals surface area contributed by atoms with E-state index in [0.29, 0.717) is 25.9 Å². The van der Waals surface area contributed by atoms with E-state index in [4.69, 9.17) is 14.7 Å². The Labute approximate surface area is 276 Å². The van der Waals surface area contributed by atoms with Gasteiger partial charge in [-0.2, -0.15) is 0 Å². The van der Waals surface area contributed by atoms with Gasteiger partial charge < -0.3 is 19.9 Å². The Bertz CT molecular complexity index is 1490. The van der Waals surface area contributed by atoms with Gasteiger partial charge in [-0.05, 0) is 34.2 Å². The van der Waals surface area contributed by atoms with E-state index in [1.165, 1.54) is 11.1 Å². The quantitative estimate of drug-likeness (QED) is 0.0973. The van der Waals surface area contributed by atoms with Gasteiger partial charge in [0.05, 0.1) is 18.8 Å². The molecule has 0 saturated carbocycles. The minimum Gasteiger partial charge on any atom is -0.392 e. The summed E-state index contributed by atoms with van der Waals surface area (Å²) in [5.41, 5.74) is 7.75. The summed E-state index contributed by atoms with van der Waals surface area (Å²) in [5, 5.41) is 21.0. The monoisotopic (exact) mass is 637 g/mol. The first-order valence-electron chi connectivity index (χ1n) is 16.1. The molecule has 0 radical (unpaired) electrons. The van der Waals surface area contributed by atoms with Gasteiger partial charge in [0.25, 0.3) is 0 Å². The number of amides is 2. The van der Waals surface area contributed by atoms with E-state index in [-0.39, 0.29) is 37.6 Å². The molecular weight excluding hydrogens is 594 g/mol. The highest BCUT2D eigenvalue weighted by molar-refractivity contribution is 5.78. The molecule has 0 bridgehead atoms. The molecule has 3 atom stereocenters. The maximum absolute atomic E-state index is 12.2. The zero-order valence-corrected chi connectivity index (χ0v) is 26.5. The minimum absolute atomic E-state index is 0.0121. The predicted molar refractivity (Wildman–Crippen MR) is 177 cm³/mol. The van der Waals surface area contributed by atoms with Crippen molar-refractivity contribution in [1.82, 2.24) is 15.7 Å². The van der Waals surface area contributed by atoms with Crippen LogP contribution >= 0.6 is 0 Å². The molecule has 0 spiro atoms. The zero-order valence-electron chi connectivity index (χ0n) is 26.5. The Morgan fingerprint density at radius 1 is 0.702 bits per heavy atom. The Morgan fingerprint density at radius 2 is 1.28 bits per heavy atom. The summed E-state index contributed by atoms with van der Waals surface area (Å²) in [4.78, 5) is 25.8. The molecule has 1 heterocycles. The van der Waals surface area contributed by atoms with Crippen LogP contribution in [-0.2, 0) is 45.3 Å². The van der Waals surface area contributed by atoms with Crippen molar-refractivity contribution in [2.75, 3.05) is 6.54 Å². The van der Waals surface area contributed by atoms with E-state index in [1.54, 1.807) is 5.48 Å². The summed E-state index contributed by atoms with van der Waals surface area (Å²) in [6, 6.07) is 36.7. The van der Waals surface area contributed by atoms with E-state index in [9.17, 15) is 14.7 Å². The highest BCUT2D eigenvalue weighted by atomic mass is 16.7. The molecule has 4 aromatic carbocycles. The van der Waals surface area contributed by atoms with E-state index in [1.807, 2.05) is 60.7 Å². The molecule has 9 nitrogen and oxygen atoms in total. The number of hydrogen-bond donors (Lipinski definition) is 4. The summed E-state index contributed by atoms with van der Waals surface area (Å²) < 4.78 is 13.2. The predicted octanol–water partition coefficient (Wildman–Crippen LogP) is 5.72. The van der Waals surface area contributed by atoms with E-state index in [2.05, 4.69) is 58.7 Å². The third kappa shape index (κ3) is 10.6. The maximum atomic E-state index is 12.2. The molecule has 1 saturated heterocycles. The van der Waals surface area contributed by atoms with Crippen LogP contribution in [0.4, 0.5) is 0 Å². The topological polar surface area (TPSA) is 120 Å². The molecule has 4 aromatic rings. The largest absolute Gasteiger partial charge is 0.392 e. The van der Waals surface area contributed by atoms with Gasteiger partial charge in [0.15, 0.2) is 6.29 Å². The van der Waals surface area contributed by atoms with E-state index >= 15 is 0 Å². The minimum atomic E-state index is -0.590. The highest BCUT2D eigenvalue weighted by Crippen LogP contribution is 2.38. The third-order valence-corrected chi connectivity index (χ3v) is 8.25. The number of nitrogens with one attached hydrogen (secondary N) is 2. The third-order valence-electron chi connectivity index (χ3n) is 8.25. The lowest BCUT2D eigenvalue weighted by Crippen LogP contribution is -2.39. The molecule has 1 aliphatic rings. The molecule has 0 unspecified atom stereocenters. The van der Waals surface area contributed by atoms with Crippen molar-refractivity contribution in [1.29, 1.82) is 0 Å². The van der Waals surface area contributed by atoms with Crippen LogP contribution in [0.15, 0.2) is 109 Å². The van der Waals surface area contributed by atoms with E-state index in [0.717, 1.165) is 35.3 Å². The van der Waals surface area contributed by atoms with Gasteiger partial charge in [-0.15, -0.1) is 0 Å². The van der Waals surface area contributed by atoms with Gasteiger partial charge in [-0.25, -0.2) is 5.48 Å². The average Bonchev–Trinajstić information content (AvgIpc) is 3.11. The van der Waals surface area contributed by atoms with Crippen LogP contribution < -0.4 is 10.8 Å². The lowest BCUT2D eigenvalue weighted by atomic mass is 9.99. The van der Waals surface area contributed by atoms with E-state index < -0.39 is 12.2 Å². The van der Waals surface area contributed by atoms with Crippen molar-refractivity contribution in [3.8, 4) is 0 Å². The number of aliphatic hydroxyl groups excluding tert-OH is 1. The maximum Gasteiger partial charge on any atom is 0.243 e. The van der Waals surface area contributed by atoms with Gasteiger partial charge in [0.2, 0.25) is 11.8 Å². The number of rotatable bonds is 15. The van der Waals surface area contributed by atoms with Crippen molar-refractivity contribution < 1.29 is 29.4 Å². The Morgan fingerprint density at radius 3 is 1.87 bits per heavy atom. The molecule has 47 heavy (non-hydrogen) atoms. The van der Waals surface area contributed by atoms with Gasteiger partial charge in [0, 0.05) is 51.0 Å². The average molecular weight is 638 g/mol. The van der Waals surface area contributed by atoms with Crippen molar-refractivity contribution in [2.45, 2.75) is 70.4 Å². The summed E-state index contributed by atoms with van der Waals surface area (Å²) in [6.45, 7) is 2.62. The molecule has 246 valence electrons. The molecule has 5 rings (SSSR count). The number of aliphatic hydroxyl groups is 1. The number of ether oxygens (including phenoxy) is 2. The number of carbonyl (C=O) groups is 2. The van der Waals surface area contributed by atoms with Gasteiger partial charge in [-0.1, -0.05) is 109 Å². The van der Waals surface area contributed by atoms with Crippen LogP contribution in [0.3, 0.4) is 0 Å². The first-order chi connectivity index (χ1) is 23.0. The molecule has 0 aromatic heterocycles. The van der Waals surface area contributed by atoms with Crippen molar-refractivity contribution in [3.05, 3.63) is 143 Å². The molecular formula is C38H43N3O6. The first-order valence-corrected chi connectivity index (χ1v) is 16.1. The zero-order chi connectivity index (χ0) is 32.8. The van der Waals surface area contributed by atoms with Crippen LogP contribution in [-0.4, -0.2) is 39.7 Å². The fourth-order valence-electron chi connectivity index (χ4n) is 5.74. The van der Waals surface area contributed by atoms with Crippen molar-refractivity contribution in [2.24, 2.45) is 0 Å². The van der Waals surface area contributed by atoms with Crippen LogP contribution in [0.1, 0.15) is 71.5 Å². The fourth-order valence-corrected chi connectivity index (χ4v) is 5.74. The van der Waals surface area contributed by atoms with Crippen LogP contribution in [0, 0.1) is 0 Å². The Kier molecular flexibility index (Phi) is 12.7. The lowest BCUT2D eigenvalue weighted by Gasteiger charge is -2.38. The number of hydrogen-bond acceptors (Lipinski definition) is 7. The summed E-state index contributed by atoms with van der Waals surface area (Å²) in [7, 11) is 0. The second-order valence-electron chi connectivity index (χ2n) is 11.9. The van der Waals surface area contributed by atoms with Gasteiger partial charge >= 0.3 is 0 Å². The number of nitrogens with zero attached hydrogens (tertiary/aromatic N) is 1. The normalized spacial score (nSPS) is 17.7. The molecule has 4 N–H and O–H groups in total. The SMILES string of the molecule is O=C(CCCC(=O)NCc1ccc([C@H]2O[C@@H](CN(Cc3ccccc3)Cc3ccccc3)C[C@@H](c3ccc(CO)cc3)O2)cc1)NO. The number of carbonyl (C=O) groups excluding carboxylic acids is 2. The molecule has 0 aliphatic carbocycles. The molecule has 2 amide bonds. The lowest BCUT2D eigenvalue weighted by molar-refractivity contribution is -0.253. The van der Waals surface area contributed by atoms with Crippen molar-refractivity contribution in [3.63, 3.8) is 0 Å². The fraction of sp³-hybridized carbons (Fsp3) is 0.316. The van der Waals surface area contributed by atoms with Crippen molar-refractivity contribution >= 4 is 11.8 Å². The Balaban J connectivity index is 1.29. The summed E-state index contributed by atoms with van der Waals surface area (Å²) in [6.07, 6.45) is 0.413.